The Kier molecular flexibility index (Phi) is 5.55. The SMILES string of the molecule is CC(C)N(C/C(N)=N/O)Cc1cccc(F)c1Br. The fourth-order valence-corrected chi connectivity index (χ4v) is 1.94. The second-order valence-corrected chi connectivity index (χ2v) is 5.10. The quantitative estimate of drug-likeness (QED) is 0.380. The van der Waals surface area contributed by atoms with Crippen LogP contribution in [-0.4, -0.2) is 28.5 Å². The van der Waals surface area contributed by atoms with Gasteiger partial charge in [-0.05, 0) is 41.4 Å². The number of rotatable bonds is 5. The highest BCUT2D eigenvalue weighted by molar-refractivity contribution is 9.10. The third-order valence-corrected chi connectivity index (χ3v) is 3.52. The maximum absolute atomic E-state index is 13.4. The average Bonchev–Trinajstić information content (AvgIpc) is 2.33. The number of hydrogen-bond acceptors (Lipinski definition) is 3. The molecule has 0 saturated carbocycles. The van der Waals surface area contributed by atoms with Crippen molar-refractivity contribution in [2.75, 3.05) is 6.54 Å². The number of nitrogens with two attached hydrogens (primary N) is 1. The van der Waals surface area contributed by atoms with Crippen LogP contribution >= 0.6 is 15.9 Å². The number of oxime groups is 1. The molecule has 1 aromatic carbocycles. The third kappa shape index (κ3) is 3.96. The zero-order valence-electron chi connectivity index (χ0n) is 10.4. The second kappa shape index (κ2) is 6.70. The molecule has 0 aliphatic heterocycles. The number of hydrogen-bond donors (Lipinski definition) is 2. The molecule has 18 heavy (non-hydrogen) atoms. The molecule has 0 fully saturated rings. The summed E-state index contributed by atoms with van der Waals surface area (Å²) < 4.78 is 13.9. The Morgan fingerprint density at radius 2 is 2.22 bits per heavy atom. The Morgan fingerprint density at radius 3 is 2.78 bits per heavy atom. The predicted molar refractivity (Wildman–Crippen MR) is 73.1 cm³/mol. The maximum atomic E-state index is 13.4. The van der Waals surface area contributed by atoms with Gasteiger partial charge in [0.05, 0.1) is 11.0 Å². The van der Waals surface area contributed by atoms with Crippen LogP contribution in [0.4, 0.5) is 4.39 Å². The van der Waals surface area contributed by atoms with Gasteiger partial charge in [0, 0.05) is 12.6 Å². The first kappa shape index (κ1) is 14.9. The van der Waals surface area contributed by atoms with E-state index in [0.717, 1.165) is 5.56 Å². The topological polar surface area (TPSA) is 61.8 Å². The molecule has 0 atom stereocenters. The second-order valence-electron chi connectivity index (χ2n) is 4.30. The minimum atomic E-state index is -0.292. The zero-order chi connectivity index (χ0) is 13.7. The molecule has 0 aliphatic rings. The van der Waals surface area contributed by atoms with Crippen molar-refractivity contribution in [3.8, 4) is 0 Å². The molecule has 1 rings (SSSR count). The van der Waals surface area contributed by atoms with Gasteiger partial charge in [0.25, 0.3) is 0 Å². The van der Waals surface area contributed by atoms with Crippen molar-refractivity contribution in [3.05, 3.63) is 34.1 Å². The van der Waals surface area contributed by atoms with Crippen LogP contribution in [0, 0.1) is 5.82 Å². The van der Waals surface area contributed by atoms with E-state index in [1.165, 1.54) is 6.07 Å². The van der Waals surface area contributed by atoms with E-state index in [1.807, 2.05) is 24.8 Å². The first-order valence-corrected chi connectivity index (χ1v) is 6.38. The first-order valence-electron chi connectivity index (χ1n) is 5.59. The molecule has 0 unspecified atom stereocenters. The fraction of sp³-hybridized carbons (Fsp3) is 0.417. The summed E-state index contributed by atoms with van der Waals surface area (Å²) in [7, 11) is 0. The van der Waals surface area contributed by atoms with Gasteiger partial charge in [-0.15, -0.1) is 0 Å². The Hall–Kier alpha value is -1.14. The van der Waals surface area contributed by atoms with E-state index in [2.05, 4.69) is 21.1 Å². The largest absolute Gasteiger partial charge is 0.409 e. The van der Waals surface area contributed by atoms with Crippen LogP contribution in [0.15, 0.2) is 27.8 Å². The zero-order valence-corrected chi connectivity index (χ0v) is 12.0. The van der Waals surface area contributed by atoms with Crippen LogP contribution in [0.2, 0.25) is 0 Å². The van der Waals surface area contributed by atoms with Crippen molar-refractivity contribution < 1.29 is 9.60 Å². The maximum Gasteiger partial charge on any atom is 0.153 e. The van der Waals surface area contributed by atoms with Gasteiger partial charge >= 0.3 is 0 Å². The summed E-state index contributed by atoms with van der Waals surface area (Å²) in [6, 6.07) is 5.10. The van der Waals surface area contributed by atoms with Gasteiger partial charge < -0.3 is 10.9 Å². The van der Waals surface area contributed by atoms with Crippen molar-refractivity contribution in [3.63, 3.8) is 0 Å². The number of halogens is 2. The lowest BCUT2D eigenvalue weighted by atomic mass is 10.2. The number of benzene rings is 1. The number of nitrogens with zero attached hydrogens (tertiary/aromatic N) is 2. The third-order valence-electron chi connectivity index (χ3n) is 2.63. The summed E-state index contributed by atoms with van der Waals surface area (Å²) >= 11 is 3.23. The van der Waals surface area contributed by atoms with Crippen LogP contribution in [0.5, 0.6) is 0 Å². The van der Waals surface area contributed by atoms with E-state index in [1.54, 1.807) is 6.07 Å². The monoisotopic (exact) mass is 317 g/mol. The van der Waals surface area contributed by atoms with Gasteiger partial charge in [-0.3, -0.25) is 4.90 Å². The fourth-order valence-electron chi connectivity index (χ4n) is 1.55. The number of amidine groups is 1. The van der Waals surface area contributed by atoms with E-state index < -0.39 is 0 Å². The van der Waals surface area contributed by atoms with Crippen LogP contribution in [0.25, 0.3) is 0 Å². The highest BCUT2D eigenvalue weighted by atomic mass is 79.9. The summed E-state index contributed by atoms with van der Waals surface area (Å²) in [5.74, 6) is -0.156. The van der Waals surface area contributed by atoms with Crippen LogP contribution in [0.3, 0.4) is 0 Å². The van der Waals surface area contributed by atoms with Crippen molar-refractivity contribution >= 4 is 21.8 Å². The molecule has 0 bridgehead atoms. The Bertz CT molecular complexity index is 437. The molecule has 0 aromatic heterocycles. The van der Waals surface area contributed by atoms with Crippen molar-refractivity contribution in [2.24, 2.45) is 10.9 Å². The molecular formula is C12H17BrFN3O. The summed E-state index contributed by atoms with van der Waals surface area (Å²) in [6.45, 7) is 4.85. The molecular weight excluding hydrogens is 301 g/mol. The van der Waals surface area contributed by atoms with Gasteiger partial charge in [-0.2, -0.15) is 0 Å². The summed E-state index contributed by atoms with van der Waals surface area (Å²) in [4.78, 5) is 1.98. The minimum absolute atomic E-state index is 0.135. The Balaban J connectivity index is 2.87. The summed E-state index contributed by atoms with van der Waals surface area (Å²) in [5, 5.41) is 11.6. The lowest BCUT2D eigenvalue weighted by Gasteiger charge is -2.26. The van der Waals surface area contributed by atoms with Gasteiger partial charge in [0.2, 0.25) is 0 Å². The molecule has 100 valence electrons. The minimum Gasteiger partial charge on any atom is -0.409 e. The molecule has 0 radical (unpaired) electrons. The summed E-state index contributed by atoms with van der Waals surface area (Å²) in [5.41, 5.74) is 6.33. The van der Waals surface area contributed by atoms with E-state index in [-0.39, 0.29) is 17.7 Å². The van der Waals surface area contributed by atoms with Gasteiger partial charge in [-0.1, -0.05) is 17.3 Å². The summed E-state index contributed by atoms with van der Waals surface area (Å²) in [6.07, 6.45) is 0. The lowest BCUT2D eigenvalue weighted by Crippen LogP contribution is -2.38. The molecule has 0 saturated heterocycles. The van der Waals surface area contributed by atoms with Crippen molar-refractivity contribution in [1.82, 2.24) is 4.90 Å². The van der Waals surface area contributed by atoms with Crippen LogP contribution < -0.4 is 5.73 Å². The van der Waals surface area contributed by atoms with E-state index in [4.69, 9.17) is 10.9 Å². The predicted octanol–water partition coefficient (Wildman–Crippen LogP) is 2.55. The van der Waals surface area contributed by atoms with Crippen LogP contribution in [0.1, 0.15) is 19.4 Å². The molecule has 4 nitrogen and oxygen atoms in total. The van der Waals surface area contributed by atoms with Crippen LogP contribution in [-0.2, 0) is 6.54 Å². The smallest absolute Gasteiger partial charge is 0.153 e. The van der Waals surface area contributed by atoms with Gasteiger partial charge in [-0.25, -0.2) is 4.39 Å². The van der Waals surface area contributed by atoms with E-state index >= 15 is 0 Å². The highest BCUT2D eigenvalue weighted by Gasteiger charge is 2.14. The Morgan fingerprint density at radius 1 is 1.56 bits per heavy atom. The van der Waals surface area contributed by atoms with Gasteiger partial charge in [0.1, 0.15) is 5.82 Å². The van der Waals surface area contributed by atoms with Gasteiger partial charge in [0.15, 0.2) is 5.84 Å². The Labute approximate surface area is 114 Å². The molecule has 0 aliphatic carbocycles. The van der Waals surface area contributed by atoms with Crippen molar-refractivity contribution in [1.29, 1.82) is 0 Å². The standard InChI is InChI=1S/C12H17BrFN3O/c1-8(2)17(7-11(15)16-18)6-9-4-3-5-10(14)12(9)13/h3-5,8,18H,6-7H2,1-2H3,(H2,15,16). The molecule has 1 aromatic rings. The molecule has 0 amide bonds. The normalized spacial score (nSPS) is 12.4. The molecule has 3 N–H and O–H groups in total. The first-order chi connectivity index (χ1) is 8.45. The van der Waals surface area contributed by atoms with Crippen molar-refractivity contribution in [2.45, 2.75) is 26.4 Å². The van der Waals surface area contributed by atoms with E-state index in [9.17, 15) is 4.39 Å². The molecule has 6 heteroatoms. The highest BCUT2D eigenvalue weighted by Crippen LogP contribution is 2.22. The van der Waals surface area contributed by atoms with E-state index in [0.29, 0.717) is 17.6 Å². The molecule has 0 spiro atoms. The lowest BCUT2D eigenvalue weighted by molar-refractivity contribution is 0.238. The average molecular weight is 318 g/mol. The molecule has 0 heterocycles.